The SMILES string of the molecule is COc1ccc2c(c1)CN(C(=O)OC(C)(C)C)CC2.COc1ccc2c(c1)CNCC2. The molecule has 2 aliphatic heterocycles. The van der Waals surface area contributed by atoms with E-state index in [0.29, 0.717) is 13.1 Å². The molecule has 2 aromatic carbocycles. The molecule has 0 fully saturated rings. The van der Waals surface area contributed by atoms with Gasteiger partial charge in [0.2, 0.25) is 0 Å². The minimum atomic E-state index is -0.453. The van der Waals surface area contributed by atoms with Crippen LogP contribution in [0.3, 0.4) is 0 Å². The quantitative estimate of drug-likeness (QED) is 0.775. The van der Waals surface area contributed by atoms with Crippen LogP contribution in [0.15, 0.2) is 36.4 Å². The molecule has 6 heteroatoms. The zero-order chi connectivity index (χ0) is 22.4. The number of ether oxygens (including phenoxy) is 3. The van der Waals surface area contributed by atoms with E-state index in [1.54, 1.807) is 19.1 Å². The maximum Gasteiger partial charge on any atom is 0.410 e. The smallest absolute Gasteiger partial charge is 0.410 e. The van der Waals surface area contributed by atoms with Gasteiger partial charge in [-0.05, 0) is 86.7 Å². The van der Waals surface area contributed by atoms with Crippen LogP contribution in [0, 0.1) is 0 Å². The number of fused-ring (bicyclic) bond motifs is 2. The summed E-state index contributed by atoms with van der Waals surface area (Å²) in [5, 5.41) is 3.34. The Bertz CT molecular complexity index is 905. The first-order valence-electron chi connectivity index (χ1n) is 10.8. The first kappa shape index (κ1) is 22.9. The Labute approximate surface area is 185 Å². The van der Waals surface area contributed by atoms with Crippen molar-refractivity contribution in [2.24, 2.45) is 0 Å². The third-order valence-electron chi connectivity index (χ3n) is 5.38. The largest absolute Gasteiger partial charge is 0.497 e. The Morgan fingerprint density at radius 1 is 0.903 bits per heavy atom. The summed E-state index contributed by atoms with van der Waals surface area (Å²) >= 11 is 0. The number of amides is 1. The number of carbonyl (C=O) groups is 1. The summed E-state index contributed by atoms with van der Waals surface area (Å²) in [4.78, 5) is 13.8. The highest BCUT2D eigenvalue weighted by Crippen LogP contribution is 2.25. The maximum atomic E-state index is 12.1. The fourth-order valence-electron chi connectivity index (χ4n) is 3.73. The van der Waals surface area contributed by atoms with Crippen LogP contribution in [0.2, 0.25) is 0 Å². The van der Waals surface area contributed by atoms with Crippen LogP contribution in [0.25, 0.3) is 0 Å². The number of hydrogen-bond donors (Lipinski definition) is 1. The summed E-state index contributed by atoms with van der Waals surface area (Å²) in [5.41, 5.74) is 4.79. The van der Waals surface area contributed by atoms with E-state index in [4.69, 9.17) is 14.2 Å². The van der Waals surface area contributed by atoms with Crippen molar-refractivity contribution in [1.82, 2.24) is 10.2 Å². The van der Waals surface area contributed by atoms with Crippen molar-refractivity contribution in [3.63, 3.8) is 0 Å². The average Bonchev–Trinajstić information content (AvgIpc) is 2.77. The van der Waals surface area contributed by atoms with Gasteiger partial charge in [-0.2, -0.15) is 0 Å². The van der Waals surface area contributed by atoms with E-state index in [9.17, 15) is 4.79 Å². The van der Waals surface area contributed by atoms with Gasteiger partial charge in [0.05, 0.1) is 14.2 Å². The van der Waals surface area contributed by atoms with Crippen LogP contribution in [0.5, 0.6) is 11.5 Å². The second-order valence-electron chi connectivity index (χ2n) is 8.85. The monoisotopic (exact) mass is 426 g/mol. The molecule has 2 heterocycles. The lowest BCUT2D eigenvalue weighted by Crippen LogP contribution is -2.39. The molecule has 1 N–H and O–H groups in total. The topological polar surface area (TPSA) is 60.0 Å². The third kappa shape index (κ3) is 6.37. The Kier molecular flexibility index (Phi) is 7.44. The maximum absolute atomic E-state index is 12.1. The van der Waals surface area contributed by atoms with Gasteiger partial charge in [-0.1, -0.05) is 12.1 Å². The molecule has 1 amide bonds. The van der Waals surface area contributed by atoms with Crippen LogP contribution in [0.4, 0.5) is 4.79 Å². The van der Waals surface area contributed by atoms with Crippen molar-refractivity contribution in [3.8, 4) is 11.5 Å². The Morgan fingerprint density at radius 2 is 1.52 bits per heavy atom. The predicted molar refractivity (Wildman–Crippen MR) is 122 cm³/mol. The number of nitrogens with one attached hydrogen (secondary N) is 1. The third-order valence-corrected chi connectivity index (χ3v) is 5.38. The van der Waals surface area contributed by atoms with Crippen molar-refractivity contribution >= 4 is 6.09 Å². The van der Waals surface area contributed by atoms with Crippen molar-refractivity contribution in [2.45, 2.75) is 52.3 Å². The first-order chi connectivity index (χ1) is 14.8. The van der Waals surface area contributed by atoms with Gasteiger partial charge in [0.25, 0.3) is 0 Å². The summed E-state index contributed by atoms with van der Waals surface area (Å²) in [6.45, 7) is 9.00. The first-order valence-corrected chi connectivity index (χ1v) is 10.8. The van der Waals surface area contributed by atoms with Gasteiger partial charge >= 0.3 is 6.09 Å². The molecule has 0 radical (unpaired) electrons. The van der Waals surface area contributed by atoms with Crippen LogP contribution in [0.1, 0.15) is 43.0 Å². The molecular weight excluding hydrogens is 392 g/mol. The molecule has 0 bridgehead atoms. The Morgan fingerprint density at radius 3 is 2.13 bits per heavy atom. The number of carbonyl (C=O) groups excluding carboxylic acids is 1. The minimum absolute atomic E-state index is 0.249. The van der Waals surface area contributed by atoms with E-state index in [2.05, 4.69) is 23.5 Å². The molecule has 6 nitrogen and oxygen atoms in total. The molecule has 0 aromatic heterocycles. The van der Waals surface area contributed by atoms with Crippen LogP contribution in [-0.2, 0) is 30.7 Å². The van der Waals surface area contributed by atoms with Crippen LogP contribution < -0.4 is 14.8 Å². The van der Waals surface area contributed by atoms with Gasteiger partial charge in [-0.25, -0.2) is 4.79 Å². The summed E-state index contributed by atoms with van der Waals surface area (Å²) < 4.78 is 15.8. The Balaban J connectivity index is 0.000000194. The van der Waals surface area contributed by atoms with Gasteiger partial charge in [-0.15, -0.1) is 0 Å². The lowest BCUT2D eigenvalue weighted by molar-refractivity contribution is 0.0224. The highest BCUT2D eigenvalue weighted by molar-refractivity contribution is 5.68. The van der Waals surface area contributed by atoms with E-state index in [1.807, 2.05) is 39.0 Å². The van der Waals surface area contributed by atoms with Gasteiger partial charge in [0.1, 0.15) is 17.1 Å². The van der Waals surface area contributed by atoms with E-state index < -0.39 is 5.60 Å². The molecule has 0 atom stereocenters. The van der Waals surface area contributed by atoms with Gasteiger partial charge in [-0.3, -0.25) is 0 Å². The van der Waals surface area contributed by atoms with Gasteiger partial charge in [0.15, 0.2) is 0 Å². The zero-order valence-electron chi connectivity index (χ0n) is 19.3. The fourth-order valence-corrected chi connectivity index (χ4v) is 3.73. The number of benzene rings is 2. The molecule has 31 heavy (non-hydrogen) atoms. The standard InChI is InChI=1S/C15H21NO3.C10H13NO/c1-15(2,3)19-14(17)16-8-7-11-5-6-13(18-4)9-12(11)10-16;1-12-10-3-2-8-4-5-11-7-9(8)6-10/h5-6,9H,7-8,10H2,1-4H3;2-3,6,11H,4-5,7H2,1H3. The van der Waals surface area contributed by atoms with Crippen molar-refractivity contribution in [2.75, 3.05) is 27.3 Å². The number of methoxy groups -OCH3 is 2. The summed E-state index contributed by atoms with van der Waals surface area (Å²) in [5.74, 6) is 1.78. The molecule has 2 aromatic rings. The summed E-state index contributed by atoms with van der Waals surface area (Å²) in [6.07, 6.45) is 1.75. The lowest BCUT2D eigenvalue weighted by atomic mass is 10.00. The zero-order valence-corrected chi connectivity index (χ0v) is 19.3. The second-order valence-corrected chi connectivity index (χ2v) is 8.85. The van der Waals surface area contributed by atoms with Gasteiger partial charge < -0.3 is 24.4 Å². The molecular formula is C25H34N2O4. The molecule has 0 saturated heterocycles. The second kappa shape index (κ2) is 10.1. The lowest BCUT2D eigenvalue weighted by Gasteiger charge is -2.31. The molecule has 2 aliphatic rings. The molecule has 168 valence electrons. The number of rotatable bonds is 2. The Hall–Kier alpha value is -2.73. The highest BCUT2D eigenvalue weighted by atomic mass is 16.6. The van der Waals surface area contributed by atoms with E-state index >= 15 is 0 Å². The normalized spacial score (nSPS) is 15.1. The van der Waals surface area contributed by atoms with Crippen LogP contribution in [-0.4, -0.2) is 43.9 Å². The molecule has 0 unspecified atom stereocenters. The number of nitrogens with zero attached hydrogens (tertiary/aromatic N) is 1. The van der Waals surface area contributed by atoms with E-state index in [0.717, 1.165) is 43.0 Å². The minimum Gasteiger partial charge on any atom is -0.497 e. The summed E-state index contributed by atoms with van der Waals surface area (Å²) in [6, 6.07) is 12.3. The van der Waals surface area contributed by atoms with E-state index in [-0.39, 0.29) is 6.09 Å². The average molecular weight is 427 g/mol. The molecule has 4 rings (SSSR count). The number of hydrogen-bond acceptors (Lipinski definition) is 5. The predicted octanol–water partition coefficient (Wildman–Crippen LogP) is 4.33. The van der Waals surface area contributed by atoms with Crippen molar-refractivity contribution in [3.05, 3.63) is 58.7 Å². The molecule has 0 saturated carbocycles. The summed E-state index contributed by atoms with van der Waals surface area (Å²) in [7, 11) is 3.36. The van der Waals surface area contributed by atoms with Crippen molar-refractivity contribution in [1.29, 1.82) is 0 Å². The molecule has 0 spiro atoms. The van der Waals surface area contributed by atoms with E-state index in [1.165, 1.54) is 16.7 Å². The van der Waals surface area contributed by atoms with Gasteiger partial charge in [0, 0.05) is 19.6 Å². The highest BCUT2D eigenvalue weighted by Gasteiger charge is 2.25. The molecule has 0 aliphatic carbocycles. The van der Waals surface area contributed by atoms with Crippen LogP contribution >= 0.6 is 0 Å². The fraction of sp³-hybridized carbons (Fsp3) is 0.480. The van der Waals surface area contributed by atoms with Crippen molar-refractivity contribution < 1.29 is 19.0 Å².